The molecule has 0 atom stereocenters. The number of nitrogens with zero attached hydrogens (tertiary/aromatic N) is 3. The van der Waals surface area contributed by atoms with E-state index in [0.29, 0.717) is 10.0 Å². The van der Waals surface area contributed by atoms with Crippen LogP contribution in [0.15, 0.2) is 24.4 Å². The Kier molecular flexibility index (Phi) is 3.65. The number of aryl methyl sites for hydroxylation is 2. The van der Waals surface area contributed by atoms with Crippen molar-refractivity contribution >= 4 is 39.1 Å². The van der Waals surface area contributed by atoms with E-state index >= 15 is 0 Å². The summed E-state index contributed by atoms with van der Waals surface area (Å²) < 4.78 is 7.06. The summed E-state index contributed by atoms with van der Waals surface area (Å²) in [4.78, 5) is 17.6. The number of pyridine rings is 1. The summed E-state index contributed by atoms with van der Waals surface area (Å²) in [5.41, 5.74) is 1.71. The van der Waals surface area contributed by atoms with E-state index < -0.39 is 0 Å². The summed E-state index contributed by atoms with van der Waals surface area (Å²) >= 11 is 7.09. The van der Waals surface area contributed by atoms with Gasteiger partial charge in [-0.3, -0.25) is 4.68 Å². The number of aromatic nitrogens is 3. The van der Waals surface area contributed by atoms with Gasteiger partial charge in [0.05, 0.1) is 5.69 Å². The van der Waals surface area contributed by atoms with Crippen LogP contribution in [0.4, 0.5) is 0 Å². The van der Waals surface area contributed by atoms with Crippen molar-refractivity contribution in [1.82, 2.24) is 14.8 Å². The van der Waals surface area contributed by atoms with Crippen molar-refractivity contribution in [3.63, 3.8) is 0 Å². The van der Waals surface area contributed by atoms with Crippen molar-refractivity contribution in [2.24, 2.45) is 7.05 Å². The van der Waals surface area contributed by atoms with Gasteiger partial charge in [0.15, 0.2) is 0 Å². The van der Waals surface area contributed by atoms with Crippen molar-refractivity contribution in [3.05, 3.63) is 45.7 Å². The van der Waals surface area contributed by atoms with Crippen LogP contribution < -0.4 is 0 Å². The highest BCUT2D eigenvalue weighted by molar-refractivity contribution is 7.20. The smallest absolute Gasteiger partial charge is 0.348 e. The molecular weight excluding hydrogens is 310 g/mol. The normalized spacial score (nSPS) is 11.0. The van der Waals surface area contributed by atoms with E-state index in [4.69, 9.17) is 16.3 Å². The first-order valence-electron chi connectivity index (χ1n) is 6.25. The Morgan fingerprint density at radius 2 is 2.29 bits per heavy atom. The summed E-state index contributed by atoms with van der Waals surface area (Å²) in [6.45, 7) is 2.10. The van der Waals surface area contributed by atoms with E-state index in [1.54, 1.807) is 23.0 Å². The molecule has 5 nitrogen and oxygen atoms in total. The van der Waals surface area contributed by atoms with Crippen LogP contribution in [-0.4, -0.2) is 20.7 Å². The van der Waals surface area contributed by atoms with Crippen LogP contribution in [0.1, 0.15) is 20.9 Å². The molecule has 0 N–H and O–H groups in total. The molecule has 7 heteroatoms. The predicted molar refractivity (Wildman–Crippen MR) is 81.7 cm³/mol. The standard InChI is InChI=1S/C14H12ClN3O2S/c1-8-10-5-11(21-13(10)18(2)17-8)14(19)20-7-9-3-4-12(15)16-6-9/h3-6H,7H2,1-2H3. The molecule has 0 radical (unpaired) electrons. The Hall–Kier alpha value is -1.92. The van der Waals surface area contributed by atoms with E-state index in [-0.39, 0.29) is 12.6 Å². The molecule has 0 unspecified atom stereocenters. The van der Waals surface area contributed by atoms with E-state index in [2.05, 4.69) is 10.1 Å². The van der Waals surface area contributed by atoms with Crippen LogP contribution in [0.2, 0.25) is 5.15 Å². The maximum absolute atomic E-state index is 12.1. The van der Waals surface area contributed by atoms with Gasteiger partial charge in [-0.15, -0.1) is 11.3 Å². The van der Waals surface area contributed by atoms with Crippen LogP contribution >= 0.6 is 22.9 Å². The SMILES string of the molecule is Cc1nn(C)c2sc(C(=O)OCc3ccc(Cl)nc3)cc12. The second-order valence-corrected chi connectivity index (χ2v) is 6.02. The highest BCUT2D eigenvalue weighted by atomic mass is 35.5. The number of rotatable bonds is 3. The number of thiophene rings is 1. The first-order valence-corrected chi connectivity index (χ1v) is 7.45. The average Bonchev–Trinajstić information content (AvgIpc) is 3.01. The monoisotopic (exact) mass is 321 g/mol. The number of esters is 1. The molecule has 0 aliphatic heterocycles. The molecular formula is C14H12ClN3O2S. The summed E-state index contributed by atoms with van der Waals surface area (Å²) in [6, 6.07) is 5.27. The molecule has 0 fully saturated rings. The maximum atomic E-state index is 12.1. The van der Waals surface area contributed by atoms with Crippen molar-refractivity contribution < 1.29 is 9.53 Å². The van der Waals surface area contributed by atoms with Gasteiger partial charge in [0.25, 0.3) is 0 Å². The lowest BCUT2D eigenvalue weighted by molar-refractivity contribution is 0.0478. The highest BCUT2D eigenvalue weighted by Gasteiger charge is 2.16. The van der Waals surface area contributed by atoms with E-state index in [1.165, 1.54) is 11.3 Å². The molecule has 21 heavy (non-hydrogen) atoms. The summed E-state index contributed by atoms with van der Waals surface area (Å²) in [7, 11) is 1.86. The van der Waals surface area contributed by atoms with Gasteiger partial charge in [-0.1, -0.05) is 17.7 Å². The minimum absolute atomic E-state index is 0.175. The molecule has 0 amide bonds. The zero-order valence-electron chi connectivity index (χ0n) is 11.5. The van der Waals surface area contributed by atoms with Gasteiger partial charge in [-0.2, -0.15) is 5.10 Å². The minimum Gasteiger partial charge on any atom is -0.457 e. The number of ether oxygens (including phenoxy) is 1. The van der Waals surface area contributed by atoms with Gasteiger partial charge in [-0.05, 0) is 19.1 Å². The Morgan fingerprint density at radius 3 is 2.95 bits per heavy atom. The zero-order chi connectivity index (χ0) is 15.0. The van der Waals surface area contributed by atoms with Crippen LogP contribution in [0.3, 0.4) is 0 Å². The third-order valence-corrected chi connectivity index (χ3v) is 4.46. The fraction of sp³-hybridized carbons (Fsp3) is 0.214. The second kappa shape index (κ2) is 5.46. The van der Waals surface area contributed by atoms with Crippen molar-refractivity contribution in [1.29, 1.82) is 0 Å². The number of halogens is 1. The molecule has 0 aliphatic rings. The minimum atomic E-state index is -0.342. The lowest BCUT2D eigenvalue weighted by Gasteiger charge is -2.03. The van der Waals surface area contributed by atoms with Gasteiger partial charge < -0.3 is 4.74 Å². The van der Waals surface area contributed by atoms with Crippen molar-refractivity contribution in [2.45, 2.75) is 13.5 Å². The van der Waals surface area contributed by atoms with Gasteiger partial charge >= 0.3 is 5.97 Å². The third kappa shape index (κ3) is 2.77. The number of hydrogen-bond donors (Lipinski definition) is 0. The Morgan fingerprint density at radius 1 is 1.48 bits per heavy atom. The topological polar surface area (TPSA) is 57.0 Å². The van der Waals surface area contributed by atoms with Crippen LogP contribution in [0, 0.1) is 6.92 Å². The molecule has 3 aromatic rings. The van der Waals surface area contributed by atoms with Crippen molar-refractivity contribution in [2.75, 3.05) is 0 Å². The first kappa shape index (κ1) is 14.0. The Bertz CT molecular complexity index is 773. The highest BCUT2D eigenvalue weighted by Crippen LogP contribution is 2.28. The molecule has 0 bridgehead atoms. The maximum Gasteiger partial charge on any atom is 0.348 e. The van der Waals surface area contributed by atoms with Gasteiger partial charge in [0.2, 0.25) is 0 Å². The van der Waals surface area contributed by atoms with Crippen molar-refractivity contribution in [3.8, 4) is 0 Å². The van der Waals surface area contributed by atoms with E-state index in [1.807, 2.05) is 20.0 Å². The van der Waals surface area contributed by atoms with Gasteiger partial charge in [-0.25, -0.2) is 9.78 Å². The zero-order valence-corrected chi connectivity index (χ0v) is 13.0. The number of carbonyl (C=O) groups excluding carboxylic acids is 1. The molecule has 0 aliphatic carbocycles. The molecule has 3 aromatic heterocycles. The second-order valence-electron chi connectivity index (χ2n) is 4.60. The quantitative estimate of drug-likeness (QED) is 0.548. The molecule has 3 rings (SSSR count). The van der Waals surface area contributed by atoms with Crippen LogP contribution in [0.25, 0.3) is 10.2 Å². The predicted octanol–water partition coefficient (Wildman–Crippen LogP) is 3.35. The molecule has 108 valence electrons. The molecule has 3 heterocycles. The van der Waals surface area contributed by atoms with E-state index in [0.717, 1.165) is 21.5 Å². The molecule has 0 spiro atoms. The van der Waals surface area contributed by atoms with Gasteiger partial charge in [0, 0.05) is 24.2 Å². The third-order valence-electron chi connectivity index (χ3n) is 3.06. The lowest BCUT2D eigenvalue weighted by atomic mass is 10.3. The summed E-state index contributed by atoms with van der Waals surface area (Å²) in [6.07, 6.45) is 1.59. The largest absolute Gasteiger partial charge is 0.457 e. The molecule has 0 saturated heterocycles. The first-order chi connectivity index (χ1) is 10.0. The van der Waals surface area contributed by atoms with E-state index in [9.17, 15) is 4.79 Å². The molecule has 0 aromatic carbocycles. The van der Waals surface area contributed by atoms with Crippen LogP contribution in [-0.2, 0) is 18.4 Å². The fourth-order valence-electron chi connectivity index (χ4n) is 2.02. The molecule has 0 saturated carbocycles. The lowest BCUT2D eigenvalue weighted by Crippen LogP contribution is -2.03. The number of fused-ring (bicyclic) bond motifs is 1. The fourth-order valence-corrected chi connectivity index (χ4v) is 3.15. The number of carbonyl (C=O) groups is 1. The Balaban J connectivity index is 1.74. The summed E-state index contributed by atoms with van der Waals surface area (Å²) in [5.74, 6) is -0.342. The van der Waals surface area contributed by atoms with Crippen LogP contribution in [0.5, 0.6) is 0 Å². The number of hydrogen-bond acceptors (Lipinski definition) is 5. The summed E-state index contributed by atoms with van der Waals surface area (Å²) in [5, 5.41) is 5.71. The average molecular weight is 322 g/mol. The van der Waals surface area contributed by atoms with Gasteiger partial charge in [0.1, 0.15) is 21.5 Å². The Labute approximate surface area is 130 Å².